The van der Waals surface area contributed by atoms with Crippen molar-refractivity contribution in [1.82, 2.24) is 0 Å². The normalized spacial score (nSPS) is 10.9. The van der Waals surface area contributed by atoms with Crippen LogP contribution in [0.1, 0.15) is 20.7 Å². The highest BCUT2D eigenvalue weighted by molar-refractivity contribution is 7.92. The molecule has 0 fully saturated rings. The number of aromatic carboxylic acids is 1. The largest absolute Gasteiger partial charge is 0.478 e. The van der Waals surface area contributed by atoms with Gasteiger partial charge >= 0.3 is 5.97 Å². The van der Waals surface area contributed by atoms with Crippen LogP contribution in [0.4, 0.5) is 15.8 Å². The molecule has 0 radical (unpaired) electrons. The number of hydrogen-bond donors (Lipinski definition) is 3. The molecule has 0 unspecified atom stereocenters. The second-order valence-corrected chi connectivity index (χ2v) is 7.66. The van der Waals surface area contributed by atoms with Crippen LogP contribution in [0.2, 0.25) is 0 Å². The maximum Gasteiger partial charge on any atom is 0.335 e. The average Bonchev–Trinajstić information content (AvgIpc) is 2.68. The molecular weight excluding hydrogens is 399 g/mol. The van der Waals surface area contributed by atoms with Crippen LogP contribution >= 0.6 is 0 Å². The van der Waals surface area contributed by atoms with Crippen molar-refractivity contribution in [2.24, 2.45) is 0 Å². The smallest absolute Gasteiger partial charge is 0.335 e. The number of amides is 1. The van der Waals surface area contributed by atoms with Gasteiger partial charge in [-0.3, -0.25) is 9.52 Å². The molecule has 0 atom stereocenters. The maximum absolute atomic E-state index is 13.3. The van der Waals surface area contributed by atoms with Crippen LogP contribution in [0.3, 0.4) is 0 Å². The lowest BCUT2D eigenvalue weighted by atomic mass is 10.2. The highest BCUT2D eigenvalue weighted by Crippen LogP contribution is 2.19. The molecule has 3 N–H and O–H groups in total. The summed E-state index contributed by atoms with van der Waals surface area (Å²) >= 11 is 0. The Morgan fingerprint density at radius 2 is 1.52 bits per heavy atom. The molecule has 3 rings (SSSR count). The summed E-state index contributed by atoms with van der Waals surface area (Å²) in [7, 11) is -4.04. The fourth-order valence-corrected chi connectivity index (χ4v) is 3.56. The van der Waals surface area contributed by atoms with Crippen molar-refractivity contribution < 1.29 is 27.5 Å². The van der Waals surface area contributed by atoms with Gasteiger partial charge in [-0.15, -0.1) is 0 Å². The van der Waals surface area contributed by atoms with Crippen LogP contribution in [0, 0.1) is 5.82 Å². The Kier molecular flexibility index (Phi) is 5.60. The molecule has 0 aliphatic carbocycles. The lowest BCUT2D eigenvalue weighted by Crippen LogP contribution is -2.16. The summed E-state index contributed by atoms with van der Waals surface area (Å²) in [6.07, 6.45) is 0. The van der Waals surface area contributed by atoms with Gasteiger partial charge in [0.05, 0.1) is 16.1 Å². The van der Waals surface area contributed by atoms with Crippen LogP contribution in [0.15, 0.2) is 77.7 Å². The van der Waals surface area contributed by atoms with Crippen LogP contribution < -0.4 is 10.0 Å². The lowest BCUT2D eigenvalue weighted by Gasteiger charge is -2.10. The van der Waals surface area contributed by atoms with E-state index >= 15 is 0 Å². The topological polar surface area (TPSA) is 113 Å². The third-order valence-electron chi connectivity index (χ3n) is 3.87. The van der Waals surface area contributed by atoms with Crippen molar-refractivity contribution in [3.05, 3.63) is 89.7 Å². The fraction of sp³-hybridized carbons (Fsp3) is 0. The molecule has 9 heteroatoms. The van der Waals surface area contributed by atoms with E-state index in [4.69, 9.17) is 5.11 Å². The monoisotopic (exact) mass is 414 g/mol. The van der Waals surface area contributed by atoms with Crippen molar-refractivity contribution in [1.29, 1.82) is 0 Å². The first kappa shape index (κ1) is 20.0. The molecule has 0 saturated heterocycles. The van der Waals surface area contributed by atoms with E-state index in [0.717, 1.165) is 6.07 Å². The Bertz CT molecular complexity index is 1180. The molecule has 3 aromatic carbocycles. The Hall–Kier alpha value is -3.72. The summed E-state index contributed by atoms with van der Waals surface area (Å²) in [4.78, 5) is 23.1. The number of carbonyl (C=O) groups excluding carboxylic acids is 1. The van der Waals surface area contributed by atoms with Crippen LogP contribution in [0.25, 0.3) is 0 Å². The number of sulfonamides is 1. The van der Waals surface area contributed by atoms with E-state index in [0.29, 0.717) is 5.69 Å². The number of carboxylic acid groups (broad SMARTS) is 1. The first-order valence-corrected chi connectivity index (χ1v) is 9.76. The number of carboxylic acids is 1. The SMILES string of the molecule is O=C(O)c1ccc(NC(=O)c2cccc(S(=O)(=O)Nc3cccc(F)c3)c2)cc1. The first-order valence-electron chi connectivity index (χ1n) is 8.28. The summed E-state index contributed by atoms with van der Waals surface area (Å²) in [5.41, 5.74) is 0.554. The second-order valence-electron chi connectivity index (χ2n) is 5.98. The summed E-state index contributed by atoms with van der Waals surface area (Å²) in [6.45, 7) is 0. The summed E-state index contributed by atoms with van der Waals surface area (Å²) < 4.78 is 40.6. The molecule has 0 bridgehead atoms. The summed E-state index contributed by atoms with van der Waals surface area (Å²) in [5.74, 6) is -2.25. The van der Waals surface area contributed by atoms with E-state index in [-0.39, 0.29) is 21.7 Å². The van der Waals surface area contributed by atoms with E-state index in [9.17, 15) is 22.4 Å². The molecule has 0 heterocycles. The minimum absolute atomic E-state index is 0.0541. The van der Waals surface area contributed by atoms with Gasteiger partial charge in [-0.05, 0) is 60.7 Å². The van der Waals surface area contributed by atoms with Crippen LogP contribution in [-0.4, -0.2) is 25.4 Å². The quantitative estimate of drug-likeness (QED) is 0.571. The maximum atomic E-state index is 13.3. The van der Waals surface area contributed by atoms with Crippen LogP contribution in [0.5, 0.6) is 0 Å². The molecule has 0 saturated carbocycles. The van der Waals surface area contributed by atoms with Crippen molar-refractivity contribution >= 4 is 33.3 Å². The van der Waals surface area contributed by atoms with Crippen molar-refractivity contribution in [3.8, 4) is 0 Å². The molecule has 0 aliphatic rings. The highest BCUT2D eigenvalue weighted by Gasteiger charge is 2.17. The number of hydrogen-bond acceptors (Lipinski definition) is 4. The van der Waals surface area contributed by atoms with E-state index in [2.05, 4.69) is 10.0 Å². The van der Waals surface area contributed by atoms with Crippen molar-refractivity contribution in [3.63, 3.8) is 0 Å². The molecule has 148 valence electrons. The molecule has 0 aliphatic heterocycles. The van der Waals surface area contributed by atoms with Gasteiger partial charge in [0.1, 0.15) is 5.82 Å². The van der Waals surface area contributed by atoms with Gasteiger partial charge in [0.2, 0.25) is 0 Å². The predicted octanol–water partition coefficient (Wildman–Crippen LogP) is 3.58. The van der Waals surface area contributed by atoms with Gasteiger partial charge in [-0.1, -0.05) is 12.1 Å². The lowest BCUT2D eigenvalue weighted by molar-refractivity contribution is 0.0696. The Labute approximate surface area is 165 Å². The number of rotatable bonds is 6. The van der Waals surface area contributed by atoms with Gasteiger partial charge < -0.3 is 10.4 Å². The average molecular weight is 414 g/mol. The van der Waals surface area contributed by atoms with Gasteiger partial charge in [-0.25, -0.2) is 17.6 Å². The van der Waals surface area contributed by atoms with E-state index in [1.807, 2.05) is 0 Å². The molecular formula is C20H15FN2O5S. The minimum Gasteiger partial charge on any atom is -0.478 e. The number of anilines is 2. The number of benzene rings is 3. The van der Waals surface area contributed by atoms with E-state index < -0.39 is 27.7 Å². The van der Waals surface area contributed by atoms with Crippen LogP contribution in [-0.2, 0) is 10.0 Å². The number of nitrogens with one attached hydrogen (secondary N) is 2. The summed E-state index contributed by atoms with van der Waals surface area (Å²) in [5, 5.41) is 11.5. The Morgan fingerprint density at radius 3 is 2.17 bits per heavy atom. The molecule has 0 spiro atoms. The van der Waals surface area contributed by atoms with Gasteiger partial charge in [0, 0.05) is 11.3 Å². The zero-order chi connectivity index (χ0) is 21.0. The molecule has 3 aromatic rings. The molecule has 0 aromatic heterocycles. The number of carbonyl (C=O) groups is 2. The Balaban J connectivity index is 1.79. The molecule has 29 heavy (non-hydrogen) atoms. The van der Waals surface area contributed by atoms with Crippen molar-refractivity contribution in [2.75, 3.05) is 10.0 Å². The van der Waals surface area contributed by atoms with E-state index in [1.165, 1.54) is 66.7 Å². The zero-order valence-corrected chi connectivity index (χ0v) is 15.6. The van der Waals surface area contributed by atoms with Gasteiger partial charge in [-0.2, -0.15) is 0 Å². The Morgan fingerprint density at radius 1 is 0.828 bits per heavy atom. The zero-order valence-electron chi connectivity index (χ0n) is 14.8. The van der Waals surface area contributed by atoms with Gasteiger partial charge in [0.25, 0.3) is 15.9 Å². The summed E-state index contributed by atoms with van der Waals surface area (Å²) in [6, 6.07) is 15.8. The highest BCUT2D eigenvalue weighted by atomic mass is 32.2. The van der Waals surface area contributed by atoms with Crippen molar-refractivity contribution in [2.45, 2.75) is 4.90 Å². The third kappa shape index (κ3) is 4.96. The fourth-order valence-electron chi connectivity index (χ4n) is 2.47. The number of halogens is 1. The molecule has 7 nitrogen and oxygen atoms in total. The second kappa shape index (κ2) is 8.11. The standard InChI is InChI=1S/C20H15FN2O5S/c21-15-4-2-5-17(12-15)23-29(27,28)18-6-1-3-14(11-18)19(24)22-16-9-7-13(8-10-16)20(25)26/h1-12,23H,(H,22,24)(H,25,26). The van der Waals surface area contributed by atoms with E-state index in [1.54, 1.807) is 0 Å². The van der Waals surface area contributed by atoms with Gasteiger partial charge in [0.15, 0.2) is 0 Å². The first-order chi connectivity index (χ1) is 13.7. The minimum atomic E-state index is -4.04. The third-order valence-corrected chi connectivity index (χ3v) is 5.25. The predicted molar refractivity (Wildman–Crippen MR) is 105 cm³/mol. The molecule has 1 amide bonds.